The Morgan fingerprint density at radius 3 is 1.89 bits per heavy atom. The van der Waals surface area contributed by atoms with Crippen LogP contribution in [0.3, 0.4) is 0 Å². The maximum atomic E-state index is 12.9. The Kier molecular flexibility index (Phi) is 4.37. The second-order valence-electron chi connectivity index (χ2n) is 3.99. The van der Waals surface area contributed by atoms with Crippen molar-refractivity contribution in [2.24, 2.45) is 0 Å². The van der Waals surface area contributed by atoms with E-state index in [1.165, 1.54) is 39.3 Å². The second kappa shape index (κ2) is 5.26. The number of aliphatic hydroxyl groups is 1. The fraction of sp³-hybridized carbons (Fsp3) is 0.500. The van der Waals surface area contributed by atoms with Gasteiger partial charge in [-0.15, -0.1) is 0 Å². The van der Waals surface area contributed by atoms with Crippen molar-refractivity contribution in [1.29, 1.82) is 0 Å². The molecular weight excluding hydrogens is 249 g/mol. The normalized spacial score (nSPS) is 15.8. The smallest absolute Gasteiger partial charge is 0.380 e. The van der Waals surface area contributed by atoms with Crippen LogP contribution in [0.2, 0.25) is 0 Å². The van der Waals surface area contributed by atoms with Crippen molar-refractivity contribution in [1.82, 2.24) is 0 Å². The lowest BCUT2D eigenvalue weighted by Crippen LogP contribution is -2.40. The fourth-order valence-electron chi connectivity index (χ4n) is 1.85. The summed E-state index contributed by atoms with van der Waals surface area (Å²) in [5, 5.41) is 10.2. The molecule has 0 bridgehead atoms. The molecule has 1 N–H and O–H groups in total. The molecule has 0 spiro atoms. The van der Waals surface area contributed by atoms with E-state index in [-0.39, 0.29) is 5.56 Å². The van der Waals surface area contributed by atoms with E-state index < -0.39 is 23.6 Å². The summed E-state index contributed by atoms with van der Waals surface area (Å²) in [6.45, 7) is 1.22. The number of halogens is 3. The summed E-state index contributed by atoms with van der Waals surface area (Å²) in [7, 11) is 2.50. The SMILES string of the molecule is COC(OC)C(C)(O)c1ccccc1C(F)(F)F. The average Bonchev–Trinajstić information content (AvgIpc) is 2.29. The lowest BCUT2D eigenvalue weighted by Gasteiger charge is -2.32. The van der Waals surface area contributed by atoms with Gasteiger partial charge in [-0.2, -0.15) is 13.2 Å². The van der Waals surface area contributed by atoms with Gasteiger partial charge in [0.25, 0.3) is 0 Å². The predicted molar refractivity (Wildman–Crippen MR) is 58.8 cm³/mol. The van der Waals surface area contributed by atoms with E-state index in [1.807, 2.05) is 0 Å². The minimum absolute atomic E-state index is 0.286. The van der Waals surface area contributed by atoms with Crippen LogP contribution in [-0.2, 0) is 21.3 Å². The molecule has 1 aromatic rings. The van der Waals surface area contributed by atoms with Crippen molar-refractivity contribution in [3.63, 3.8) is 0 Å². The number of ether oxygens (including phenoxy) is 2. The van der Waals surface area contributed by atoms with E-state index in [0.29, 0.717) is 0 Å². The zero-order valence-electron chi connectivity index (χ0n) is 10.3. The molecule has 0 saturated heterocycles. The molecule has 102 valence electrons. The Labute approximate surface area is 103 Å². The molecule has 0 saturated carbocycles. The monoisotopic (exact) mass is 264 g/mol. The van der Waals surface area contributed by atoms with E-state index in [2.05, 4.69) is 0 Å². The third-order valence-electron chi connectivity index (χ3n) is 2.66. The van der Waals surface area contributed by atoms with Crippen LogP contribution in [0.15, 0.2) is 24.3 Å². The van der Waals surface area contributed by atoms with Crippen molar-refractivity contribution in [3.8, 4) is 0 Å². The van der Waals surface area contributed by atoms with Crippen molar-refractivity contribution in [3.05, 3.63) is 35.4 Å². The molecule has 0 aliphatic rings. The van der Waals surface area contributed by atoms with Crippen LogP contribution in [0.4, 0.5) is 13.2 Å². The summed E-state index contributed by atoms with van der Waals surface area (Å²) in [5.74, 6) is 0. The van der Waals surface area contributed by atoms with Crippen molar-refractivity contribution >= 4 is 0 Å². The van der Waals surface area contributed by atoms with Crippen LogP contribution >= 0.6 is 0 Å². The number of hydrogen-bond acceptors (Lipinski definition) is 3. The molecule has 1 atom stereocenters. The second-order valence-corrected chi connectivity index (χ2v) is 3.99. The van der Waals surface area contributed by atoms with Gasteiger partial charge in [-0.05, 0) is 13.0 Å². The highest BCUT2D eigenvalue weighted by atomic mass is 19.4. The van der Waals surface area contributed by atoms with Gasteiger partial charge in [0.15, 0.2) is 6.29 Å². The van der Waals surface area contributed by atoms with Gasteiger partial charge in [-0.3, -0.25) is 0 Å². The third-order valence-corrected chi connectivity index (χ3v) is 2.66. The molecule has 0 aliphatic carbocycles. The van der Waals surface area contributed by atoms with Gasteiger partial charge >= 0.3 is 6.18 Å². The maximum absolute atomic E-state index is 12.9. The summed E-state index contributed by atoms with van der Waals surface area (Å²) in [6.07, 6.45) is -5.74. The number of hydrogen-bond donors (Lipinski definition) is 1. The number of methoxy groups -OCH3 is 2. The van der Waals surface area contributed by atoms with Gasteiger partial charge in [-0.1, -0.05) is 18.2 Å². The third kappa shape index (κ3) is 2.82. The van der Waals surface area contributed by atoms with E-state index >= 15 is 0 Å². The van der Waals surface area contributed by atoms with Gasteiger partial charge in [0.2, 0.25) is 0 Å². The number of benzene rings is 1. The van der Waals surface area contributed by atoms with Crippen molar-refractivity contribution in [2.45, 2.75) is 25.0 Å². The van der Waals surface area contributed by atoms with Crippen LogP contribution in [-0.4, -0.2) is 25.6 Å². The first-order valence-corrected chi connectivity index (χ1v) is 5.19. The zero-order chi connectivity index (χ0) is 14.0. The minimum atomic E-state index is -4.55. The van der Waals surface area contributed by atoms with Crippen LogP contribution in [0.5, 0.6) is 0 Å². The maximum Gasteiger partial charge on any atom is 0.416 e. The highest BCUT2D eigenvalue weighted by Crippen LogP contribution is 2.38. The summed E-state index contributed by atoms with van der Waals surface area (Å²) in [4.78, 5) is 0. The summed E-state index contributed by atoms with van der Waals surface area (Å²) >= 11 is 0. The first-order chi connectivity index (χ1) is 8.25. The Balaban J connectivity index is 3.32. The summed E-state index contributed by atoms with van der Waals surface area (Å²) in [6, 6.07) is 4.79. The number of rotatable bonds is 4. The van der Waals surface area contributed by atoms with E-state index in [4.69, 9.17) is 9.47 Å². The zero-order valence-corrected chi connectivity index (χ0v) is 10.3. The van der Waals surface area contributed by atoms with E-state index in [9.17, 15) is 18.3 Å². The van der Waals surface area contributed by atoms with E-state index in [0.717, 1.165) is 6.07 Å². The van der Waals surface area contributed by atoms with Crippen LogP contribution < -0.4 is 0 Å². The lowest BCUT2D eigenvalue weighted by molar-refractivity contribution is -0.216. The predicted octanol–water partition coefficient (Wildman–Crippen LogP) is 2.53. The fourth-order valence-corrected chi connectivity index (χ4v) is 1.85. The molecule has 6 heteroatoms. The largest absolute Gasteiger partial charge is 0.416 e. The summed E-state index contributed by atoms with van der Waals surface area (Å²) in [5.41, 5.74) is -3.10. The lowest BCUT2D eigenvalue weighted by atomic mass is 9.90. The molecule has 0 aromatic heterocycles. The molecule has 18 heavy (non-hydrogen) atoms. The number of alkyl halides is 3. The molecule has 0 heterocycles. The Hall–Kier alpha value is -1.11. The molecule has 0 radical (unpaired) electrons. The quantitative estimate of drug-likeness (QED) is 0.849. The van der Waals surface area contributed by atoms with Gasteiger partial charge in [0, 0.05) is 19.8 Å². The van der Waals surface area contributed by atoms with E-state index in [1.54, 1.807) is 0 Å². The minimum Gasteiger partial charge on any atom is -0.380 e. The first-order valence-electron chi connectivity index (χ1n) is 5.19. The molecular formula is C12H15F3O3. The first kappa shape index (κ1) is 14.9. The molecule has 0 aliphatic heterocycles. The van der Waals surface area contributed by atoms with Crippen LogP contribution in [0.25, 0.3) is 0 Å². The van der Waals surface area contributed by atoms with Crippen LogP contribution in [0.1, 0.15) is 18.1 Å². The molecule has 0 amide bonds. The molecule has 0 fully saturated rings. The van der Waals surface area contributed by atoms with Gasteiger partial charge in [-0.25, -0.2) is 0 Å². The molecule has 1 rings (SSSR count). The molecule has 3 nitrogen and oxygen atoms in total. The standard InChI is InChI=1S/C12H15F3O3/c1-11(16,10(17-2)18-3)8-6-4-5-7-9(8)12(13,14)15/h4-7,10,16H,1-3H3. The van der Waals surface area contributed by atoms with Gasteiger partial charge in [0.05, 0.1) is 5.56 Å². The molecule has 1 aromatic carbocycles. The van der Waals surface area contributed by atoms with Crippen molar-refractivity contribution in [2.75, 3.05) is 14.2 Å². The summed E-state index contributed by atoms with van der Waals surface area (Å²) < 4.78 is 48.3. The Bertz CT molecular complexity index is 398. The Morgan fingerprint density at radius 2 is 1.50 bits per heavy atom. The topological polar surface area (TPSA) is 38.7 Å². The highest BCUT2D eigenvalue weighted by molar-refractivity contribution is 5.34. The Morgan fingerprint density at radius 1 is 1.06 bits per heavy atom. The van der Waals surface area contributed by atoms with Crippen molar-refractivity contribution < 1.29 is 27.8 Å². The highest BCUT2D eigenvalue weighted by Gasteiger charge is 2.42. The van der Waals surface area contributed by atoms with Gasteiger partial charge in [0.1, 0.15) is 5.60 Å². The average molecular weight is 264 g/mol. The van der Waals surface area contributed by atoms with Crippen LogP contribution in [0, 0.1) is 0 Å². The molecule has 1 unspecified atom stereocenters. The van der Waals surface area contributed by atoms with Gasteiger partial charge < -0.3 is 14.6 Å².